The molecule has 13 heavy (non-hydrogen) atoms. The van der Waals surface area contributed by atoms with Gasteiger partial charge in [-0.05, 0) is 19.1 Å². The van der Waals surface area contributed by atoms with Crippen molar-refractivity contribution in [3.05, 3.63) is 0 Å². The quantitative estimate of drug-likeness (QED) is 0.747. The molecule has 2 nitrogen and oxygen atoms in total. The Morgan fingerprint density at radius 2 is 1.92 bits per heavy atom. The van der Waals surface area contributed by atoms with Gasteiger partial charge in [0.25, 0.3) is 0 Å². The van der Waals surface area contributed by atoms with E-state index in [-0.39, 0.29) is 0 Å². The van der Waals surface area contributed by atoms with Gasteiger partial charge in [0.05, 0.1) is 0 Å². The Hall–Kier alpha value is 0.260. The van der Waals surface area contributed by atoms with Gasteiger partial charge >= 0.3 is 0 Å². The van der Waals surface area contributed by atoms with Gasteiger partial charge in [0.2, 0.25) is 0 Å². The SMILES string of the molecule is CSc1nnc(SC2CCCC2)s1. The van der Waals surface area contributed by atoms with Crippen molar-refractivity contribution in [1.29, 1.82) is 0 Å². The zero-order valence-corrected chi connectivity index (χ0v) is 9.97. The minimum atomic E-state index is 0.808. The molecule has 0 amide bonds. The lowest BCUT2D eigenvalue weighted by molar-refractivity contribution is 0.886. The van der Waals surface area contributed by atoms with E-state index in [1.807, 2.05) is 18.0 Å². The summed E-state index contributed by atoms with van der Waals surface area (Å²) in [7, 11) is 0. The lowest BCUT2D eigenvalue weighted by atomic mass is 10.4. The number of thioether (sulfide) groups is 2. The van der Waals surface area contributed by atoms with Crippen LogP contribution in [0.2, 0.25) is 0 Å². The Morgan fingerprint density at radius 1 is 1.23 bits per heavy atom. The fraction of sp³-hybridized carbons (Fsp3) is 0.750. The lowest BCUT2D eigenvalue weighted by Crippen LogP contribution is -1.92. The second-order valence-electron chi connectivity index (χ2n) is 3.06. The maximum absolute atomic E-state index is 4.16. The van der Waals surface area contributed by atoms with Gasteiger partial charge in [-0.15, -0.1) is 10.2 Å². The van der Waals surface area contributed by atoms with Gasteiger partial charge in [-0.1, -0.05) is 47.7 Å². The van der Waals surface area contributed by atoms with E-state index in [0.29, 0.717) is 0 Å². The second-order valence-corrected chi connectivity index (χ2v) is 6.64. The molecule has 0 aromatic carbocycles. The average molecular weight is 232 g/mol. The maximum atomic E-state index is 4.16. The molecular weight excluding hydrogens is 220 g/mol. The van der Waals surface area contributed by atoms with Crippen LogP contribution in [0.25, 0.3) is 0 Å². The summed E-state index contributed by atoms with van der Waals surface area (Å²) < 4.78 is 2.23. The monoisotopic (exact) mass is 232 g/mol. The summed E-state index contributed by atoms with van der Waals surface area (Å²) in [5, 5.41) is 9.06. The molecule has 1 aromatic heterocycles. The van der Waals surface area contributed by atoms with Gasteiger partial charge < -0.3 is 0 Å². The van der Waals surface area contributed by atoms with Crippen LogP contribution in [-0.4, -0.2) is 21.7 Å². The van der Waals surface area contributed by atoms with Crippen LogP contribution in [0.4, 0.5) is 0 Å². The third-order valence-electron chi connectivity index (χ3n) is 2.13. The van der Waals surface area contributed by atoms with Crippen LogP contribution >= 0.6 is 34.9 Å². The van der Waals surface area contributed by atoms with Crippen LogP contribution in [0.3, 0.4) is 0 Å². The van der Waals surface area contributed by atoms with Crippen molar-refractivity contribution in [2.75, 3.05) is 6.26 Å². The van der Waals surface area contributed by atoms with Crippen LogP contribution in [0.1, 0.15) is 25.7 Å². The zero-order chi connectivity index (χ0) is 9.10. The summed E-state index contributed by atoms with van der Waals surface area (Å²) in [6.45, 7) is 0. The molecule has 0 radical (unpaired) electrons. The molecule has 2 rings (SSSR count). The Balaban J connectivity index is 1.92. The van der Waals surface area contributed by atoms with E-state index in [1.54, 1.807) is 23.1 Å². The van der Waals surface area contributed by atoms with Crippen LogP contribution in [0, 0.1) is 0 Å². The highest BCUT2D eigenvalue weighted by Crippen LogP contribution is 2.37. The van der Waals surface area contributed by atoms with Crippen LogP contribution in [-0.2, 0) is 0 Å². The predicted octanol–water partition coefficient (Wildman–Crippen LogP) is 3.29. The molecule has 1 saturated carbocycles. The van der Waals surface area contributed by atoms with Crippen molar-refractivity contribution in [2.24, 2.45) is 0 Å². The zero-order valence-electron chi connectivity index (χ0n) is 7.52. The number of nitrogens with zero attached hydrogens (tertiary/aromatic N) is 2. The fourth-order valence-corrected chi connectivity index (χ4v) is 4.42. The molecule has 5 heteroatoms. The molecule has 1 aromatic rings. The van der Waals surface area contributed by atoms with Crippen molar-refractivity contribution in [3.8, 4) is 0 Å². The first kappa shape index (κ1) is 9.80. The topological polar surface area (TPSA) is 25.8 Å². The lowest BCUT2D eigenvalue weighted by Gasteiger charge is -2.02. The summed E-state index contributed by atoms with van der Waals surface area (Å²) in [6.07, 6.45) is 7.56. The summed E-state index contributed by atoms with van der Waals surface area (Å²) in [5.41, 5.74) is 0. The largest absolute Gasteiger partial charge is 0.175 e. The number of hydrogen-bond acceptors (Lipinski definition) is 5. The first-order valence-electron chi connectivity index (χ1n) is 4.42. The van der Waals surface area contributed by atoms with E-state index in [2.05, 4.69) is 10.2 Å². The van der Waals surface area contributed by atoms with Crippen LogP contribution < -0.4 is 0 Å². The normalized spacial score (nSPS) is 18.2. The van der Waals surface area contributed by atoms with Gasteiger partial charge in [-0.3, -0.25) is 0 Å². The van der Waals surface area contributed by atoms with E-state index >= 15 is 0 Å². The summed E-state index contributed by atoms with van der Waals surface area (Å²) in [4.78, 5) is 0. The standard InChI is InChI=1S/C8H12N2S3/c1-11-7-9-10-8(13-7)12-6-4-2-3-5-6/h6H,2-5H2,1H3. The van der Waals surface area contributed by atoms with Crippen molar-refractivity contribution in [3.63, 3.8) is 0 Å². The van der Waals surface area contributed by atoms with Crippen molar-refractivity contribution in [2.45, 2.75) is 39.6 Å². The molecule has 0 spiro atoms. The van der Waals surface area contributed by atoms with E-state index in [4.69, 9.17) is 0 Å². The van der Waals surface area contributed by atoms with Gasteiger partial charge in [-0.2, -0.15) is 0 Å². The molecule has 0 aliphatic heterocycles. The molecule has 1 aliphatic rings. The van der Waals surface area contributed by atoms with E-state index < -0.39 is 0 Å². The Bertz CT molecular complexity index is 268. The molecular formula is C8H12N2S3. The molecule has 0 atom stereocenters. The van der Waals surface area contributed by atoms with Gasteiger partial charge in [0.1, 0.15) is 0 Å². The van der Waals surface area contributed by atoms with Gasteiger partial charge in [-0.25, -0.2) is 0 Å². The highest BCUT2D eigenvalue weighted by Gasteiger charge is 2.18. The minimum Gasteiger partial charge on any atom is -0.131 e. The van der Waals surface area contributed by atoms with Crippen molar-refractivity contribution in [1.82, 2.24) is 10.2 Å². The molecule has 1 aliphatic carbocycles. The van der Waals surface area contributed by atoms with Gasteiger partial charge in [0, 0.05) is 5.25 Å². The van der Waals surface area contributed by atoms with Gasteiger partial charge in [0.15, 0.2) is 8.68 Å². The predicted molar refractivity (Wildman–Crippen MR) is 59.8 cm³/mol. The van der Waals surface area contributed by atoms with E-state index in [1.165, 1.54) is 25.7 Å². The molecule has 0 bridgehead atoms. The summed E-state index contributed by atoms with van der Waals surface area (Å²) >= 11 is 5.32. The molecule has 0 unspecified atom stereocenters. The smallest absolute Gasteiger partial charge is 0.131 e. The van der Waals surface area contributed by atoms with Crippen LogP contribution in [0.15, 0.2) is 8.68 Å². The number of aromatic nitrogens is 2. The molecule has 0 saturated heterocycles. The van der Waals surface area contributed by atoms with E-state index in [0.717, 1.165) is 13.9 Å². The van der Waals surface area contributed by atoms with Crippen molar-refractivity contribution < 1.29 is 0 Å². The number of rotatable bonds is 3. The summed E-state index contributed by atoms with van der Waals surface area (Å²) in [5.74, 6) is 0. The molecule has 1 heterocycles. The first-order chi connectivity index (χ1) is 6.38. The Kier molecular flexibility index (Phi) is 3.51. The fourth-order valence-electron chi connectivity index (χ4n) is 1.48. The Labute approximate surface area is 90.9 Å². The summed E-state index contributed by atoms with van der Waals surface area (Å²) in [6, 6.07) is 0. The molecule has 0 N–H and O–H groups in total. The molecule has 1 fully saturated rings. The third kappa shape index (κ3) is 2.60. The second kappa shape index (κ2) is 4.66. The van der Waals surface area contributed by atoms with Crippen LogP contribution in [0.5, 0.6) is 0 Å². The average Bonchev–Trinajstić information content (AvgIpc) is 2.76. The highest BCUT2D eigenvalue weighted by molar-refractivity contribution is 8.03. The Morgan fingerprint density at radius 3 is 2.54 bits per heavy atom. The first-order valence-corrected chi connectivity index (χ1v) is 7.35. The van der Waals surface area contributed by atoms with Crippen molar-refractivity contribution >= 4 is 34.9 Å². The minimum absolute atomic E-state index is 0.808. The molecule has 72 valence electrons. The number of hydrogen-bond donors (Lipinski definition) is 0. The highest BCUT2D eigenvalue weighted by atomic mass is 32.2. The maximum Gasteiger partial charge on any atom is 0.175 e. The third-order valence-corrected chi connectivity index (χ3v) is 5.45. The van der Waals surface area contributed by atoms with E-state index in [9.17, 15) is 0 Å².